The molecule has 0 saturated carbocycles. The summed E-state index contributed by atoms with van der Waals surface area (Å²) < 4.78 is 10.6. The van der Waals surface area contributed by atoms with E-state index in [9.17, 15) is 9.59 Å². The lowest BCUT2D eigenvalue weighted by Gasteiger charge is -2.34. The number of amides is 1. The van der Waals surface area contributed by atoms with Gasteiger partial charge in [0.15, 0.2) is 0 Å². The molecule has 2 rings (SSSR count). The lowest BCUT2D eigenvalue weighted by atomic mass is 9.90. The van der Waals surface area contributed by atoms with Crippen molar-refractivity contribution in [2.24, 2.45) is 0 Å². The number of carbonyl (C=O) groups excluding carboxylic acids is 2. The summed E-state index contributed by atoms with van der Waals surface area (Å²) in [4.78, 5) is 26.1. The van der Waals surface area contributed by atoms with Crippen molar-refractivity contribution in [1.29, 1.82) is 0 Å². The Morgan fingerprint density at radius 1 is 1.27 bits per heavy atom. The van der Waals surface area contributed by atoms with E-state index in [-0.39, 0.29) is 12.5 Å². The second kappa shape index (κ2) is 6.38. The Morgan fingerprint density at radius 2 is 1.95 bits per heavy atom. The van der Waals surface area contributed by atoms with E-state index < -0.39 is 17.6 Å². The third-order valence-electron chi connectivity index (χ3n) is 3.42. The van der Waals surface area contributed by atoms with Gasteiger partial charge in [0, 0.05) is 13.1 Å². The summed E-state index contributed by atoms with van der Waals surface area (Å²) in [5.41, 5.74) is 1.33. The van der Waals surface area contributed by atoms with Crippen molar-refractivity contribution in [2.75, 3.05) is 13.2 Å². The van der Waals surface area contributed by atoms with Crippen molar-refractivity contribution in [3.8, 4) is 0 Å². The molecule has 0 aliphatic carbocycles. The van der Waals surface area contributed by atoms with Crippen LogP contribution < -0.4 is 0 Å². The van der Waals surface area contributed by atoms with Crippen molar-refractivity contribution in [2.45, 2.75) is 45.8 Å². The number of carbonyl (C=O) groups is 2. The summed E-state index contributed by atoms with van der Waals surface area (Å²) in [6.07, 6.45) is -0.406. The molecule has 1 aliphatic rings. The van der Waals surface area contributed by atoms with Crippen LogP contribution in [0.4, 0.5) is 4.79 Å². The molecular formula is C17H23NO4. The Hall–Kier alpha value is -2.04. The lowest BCUT2D eigenvalue weighted by molar-refractivity contribution is -0.145. The number of hydrogen-bond acceptors (Lipinski definition) is 4. The van der Waals surface area contributed by atoms with Crippen LogP contribution in [0, 0.1) is 0 Å². The zero-order valence-electron chi connectivity index (χ0n) is 13.6. The van der Waals surface area contributed by atoms with Crippen molar-refractivity contribution < 1.29 is 19.1 Å². The van der Waals surface area contributed by atoms with Crippen molar-refractivity contribution in [3.05, 3.63) is 35.4 Å². The number of hydrogen-bond donors (Lipinski definition) is 0. The second-order valence-corrected chi connectivity index (χ2v) is 6.36. The highest BCUT2D eigenvalue weighted by atomic mass is 16.6. The molecule has 0 fully saturated rings. The smallest absolute Gasteiger partial charge is 0.410 e. The minimum absolute atomic E-state index is 0.283. The molecular weight excluding hydrogens is 282 g/mol. The van der Waals surface area contributed by atoms with Crippen LogP contribution in [0.15, 0.2) is 24.3 Å². The molecule has 5 heteroatoms. The van der Waals surface area contributed by atoms with Gasteiger partial charge in [-0.15, -0.1) is 0 Å². The largest absolute Gasteiger partial charge is 0.465 e. The first-order chi connectivity index (χ1) is 10.3. The van der Waals surface area contributed by atoms with Gasteiger partial charge in [0.05, 0.1) is 12.5 Å². The number of nitrogens with zero attached hydrogens (tertiary/aromatic N) is 1. The van der Waals surface area contributed by atoms with Crippen LogP contribution in [0.3, 0.4) is 0 Å². The molecule has 1 amide bonds. The highest BCUT2D eigenvalue weighted by Crippen LogP contribution is 2.30. The fourth-order valence-corrected chi connectivity index (χ4v) is 2.52. The first kappa shape index (κ1) is 16.3. The lowest BCUT2D eigenvalue weighted by Crippen LogP contribution is -2.43. The summed E-state index contributed by atoms with van der Waals surface area (Å²) in [6, 6.07) is 7.65. The molecule has 0 saturated heterocycles. The van der Waals surface area contributed by atoms with E-state index in [1.807, 2.05) is 45.0 Å². The summed E-state index contributed by atoms with van der Waals surface area (Å²) in [5, 5.41) is 0. The predicted octanol–water partition coefficient (Wildman–Crippen LogP) is 3.08. The van der Waals surface area contributed by atoms with E-state index in [2.05, 4.69) is 0 Å². The zero-order chi connectivity index (χ0) is 16.3. The number of benzene rings is 1. The molecule has 0 bridgehead atoms. The molecule has 22 heavy (non-hydrogen) atoms. The van der Waals surface area contributed by atoms with Gasteiger partial charge in [-0.1, -0.05) is 24.3 Å². The summed E-state index contributed by atoms with van der Waals surface area (Å²) in [6.45, 7) is 8.30. The average molecular weight is 305 g/mol. The van der Waals surface area contributed by atoms with Crippen LogP contribution in [-0.2, 0) is 20.8 Å². The maximum Gasteiger partial charge on any atom is 0.410 e. The molecule has 1 aliphatic heterocycles. The third kappa shape index (κ3) is 3.78. The third-order valence-corrected chi connectivity index (χ3v) is 3.42. The average Bonchev–Trinajstić information content (AvgIpc) is 2.44. The van der Waals surface area contributed by atoms with E-state index in [1.54, 1.807) is 11.8 Å². The second-order valence-electron chi connectivity index (χ2n) is 6.36. The monoisotopic (exact) mass is 305 g/mol. The van der Waals surface area contributed by atoms with Crippen LogP contribution in [0.25, 0.3) is 0 Å². The molecule has 0 aromatic heterocycles. The van der Waals surface area contributed by atoms with Crippen LogP contribution in [-0.4, -0.2) is 35.7 Å². The molecule has 1 aromatic rings. The molecule has 0 spiro atoms. The minimum atomic E-state index is -0.562. The van der Waals surface area contributed by atoms with Gasteiger partial charge in [-0.25, -0.2) is 4.79 Å². The summed E-state index contributed by atoms with van der Waals surface area (Å²) in [7, 11) is 0. The molecule has 0 unspecified atom stereocenters. The van der Waals surface area contributed by atoms with Gasteiger partial charge in [0.2, 0.25) is 0 Å². The van der Waals surface area contributed by atoms with Gasteiger partial charge in [0.25, 0.3) is 0 Å². The van der Waals surface area contributed by atoms with Gasteiger partial charge in [0.1, 0.15) is 5.60 Å². The van der Waals surface area contributed by atoms with Crippen LogP contribution in [0.1, 0.15) is 44.7 Å². The van der Waals surface area contributed by atoms with Crippen molar-refractivity contribution in [3.63, 3.8) is 0 Å². The summed E-state index contributed by atoms with van der Waals surface area (Å²) in [5.74, 6) is -0.763. The minimum Gasteiger partial charge on any atom is -0.465 e. The Labute approximate surface area is 131 Å². The van der Waals surface area contributed by atoms with E-state index in [4.69, 9.17) is 9.47 Å². The number of esters is 1. The molecule has 1 heterocycles. The molecule has 0 radical (unpaired) electrons. The first-order valence-corrected chi connectivity index (χ1v) is 7.54. The first-order valence-electron chi connectivity index (χ1n) is 7.54. The predicted molar refractivity (Wildman–Crippen MR) is 82.5 cm³/mol. The van der Waals surface area contributed by atoms with Gasteiger partial charge >= 0.3 is 12.1 Å². The Bertz CT molecular complexity index is 562. The van der Waals surface area contributed by atoms with Gasteiger partial charge in [-0.05, 0) is 38.8 Å². The van der Waals surface area contributed by atoms with Crippen LogP contribution in [0.2, 0.25) is 0 Å². The Balaban J connectivity index is 2.24. The molecule has 0 N–H and O–H groups in total. The maximum atomic E-state index is 12.3. The fraction of sp³-hybridized carbons (Fsp3) is 0.529. The maximum absolute atomic E-state index is 12.3. The van der Waals surface area contributed by atoms with E-state index in [1.165, 1.54) is 0 Å². The normalized spacial score (nSPS) is 17.6. The van der Waals surface area contributed by atoms with Crippen LogP contribution >= 0.6 is 0 Å². The zero-order valence-corrected chi connectivity index (χ0v) is 13.6. The fourth-order valence-electron chi connectivity index (χ4n) is 2.52. The standard InChI is InChI=1S/C17H23NO4/c1-5-21-15(19)14-11-18(16(20)22-17(2,3)4)10-12-8-6-7-9-13(12)14/h6-9,14H,5,10-11H2,1-4H3/t14-/m1/s1. The Kier molecular flexibility index (Phi) is 4.74. The van der Waals surface area contributed by atoms with Crippen molar-refractivity contribution in [1.82, 2.24) is 4.90 Å². The van der Waals surface area contributed by atoms with Gasteiger partial charge in [-0.3, -0.25) is 4.79 Å². The SMILES string of the molecule is CCOC(=O)[C@@H]1CN(C(=O)OC(C)(C)C)Cc2ccccc21. The van der Waals surface area contributed by atoms with E-state index >= 15 is 0 Å². The Morgan fingerprint density at radius 3 is 2.59 bits per heavy atom. The van der Waals surface area contributed by atoms with Crippen molar-refractivity contribution >= 4 is 12.1 Å². The molecule has 1 aromatic carbocycles. The van der Waals surface area contributed by atoms with Gasteiger partial charge in [-0.2, -0.15) is 0 Å². The van der Waals surface area contributed by atoms with E-state index in [0.717, 1.165) is 11.1 Å². The molecule has 120 valence electrons. The highest BCUT2D eigenvalue weighted by molar-refractivity contribution is 5.81. The number of ether oxygens (including phenoxy) is 2. The number of rotatable bonds is 2. The highest BCUT2D eigenvalue weighted by Gasteiger charge is 2.35. The van der Waals surface area contributed by atoms with E-state index in [0.29, 0.717) is 13.2 Å². The quantitative estimate of drug-likeness (QED) is 0.788. The summed E-state index contributed by atoms with van der Waals surface area (Å²) >= 11 is 0. The molecule has 5 nitrogen and oxygen atoms in total. The topological polar surface area (TPSA) is 55.8 Å². The number of fused-ring (bicyclic) bond motifs is 1. The van der Waals surface area contributed by atoms with Gasteiger partial charge < -0.3 is 14.4 Å². The molecule has 1 atom stereocenters. The van der Waals surface area contributed by atoms with Crippen LogP contribution in [0.5, 0.6) is 0 Å².